The fourth-order valence-corrected chi connectivity index (χ4v) is 3.58. The Balaban J connectivity index is 1.68. The van der Waals surface area contributed by atoms with E-state index < -0.39 is 6.10 Å². The number of hydrogen-bond acceptors (Lipinski definition) is 2. The van der Waals surface area contributed by atoms with Gasteiger partial charge in [0, 0.05) is 0 Å². The first kappa shape index (κ1) is 18.5. The van der Waals surface area contributed by atoms with E-state index in [1.807, 2.05) is 32.9 Å². The van der Waals surface area contributed by atoms with Crippen LogP contribution in [0.4, 0.5) is 0 Å². The van der Waals surface area contributed by atoms with Crippen molar-refractivity contribution in [3.63, 3.8) is 0 Å². The van der Waals surface area contributed by atoms with E-state index in [9.17, 15) is 4.79 Å². The first-order chi connectivity index (χ1) is 12.5. The number of benzene rings is 2. The molecule has 1 aliphatic rings. The van der Waals surface area contributed by atoms with Crippen LogP contribution in [-0.2, 0) is 17.6 Å². The van der Waals surface area contributed by atoms with E-state index in [2.05, 4.69) is 36.5 Å². The summed E-state index contributed by atoms with van der Waals surface area (Å²) in [4.78, 5) is 12.8. The number of carbonyl (C=O) groups is 1. The standard InChI is InChI=1S/C23H29NO2/c1-5-21(26-22-11-6-8-15(2)16(22)3)23(25)24-17(4)19-13-12-18-9-7-10-20(18)14-19/h6,8,11-14,17,21H,5,7,9-10H2,1-4H3,(H,24,25)/t17-,21-/m0/s1. The van der Waals surface area contributed by atoms with Crippen molar-refractivity contribution in [2.45, 2.75) is 65.5 Å². The number of hydrogen-bond donors (Lipinski definition) is 1. The minimum absolute atomic E-state index is 0.0235. The van der Waals surface area contributed by atoms with Crippen LogP contribution in [0, 0.1) is 13.8 Å². The predicted molar refractivity (Wildman–Crippen MR) is 106 cm³/mol. The van der Waals surface area contributed by atoms with Crippen LogP contribution < -0.4 is 10.1 Å². The van der Waals surface area contributed by atoms with Crippen LogP contribution in [0.3, 0.4) is 0 Å². The third-order valence-corrected chi connectivity index (χ3v) is 5.47. The van der Waals surface area contributed by atoms with Crippen molar-refractivity contribution in [1.29, 1.82) is 0 Å². The highest BCUT2D eigenvalue weighted by Gasteiger charge is 2.22. The zero-order valence-electron chi connectivity index (χ0n) is 16.3. The van der Waals surface area contributed by atoms with Gasteiger partial charge >= 0.3 is 0 Å². The third-order valence-electron chi connectivity index (χ3n) is 5.47. The van der Waals surface area contributed by atoms with Crippen molar-refractivity contribution < 1.29 is 9.53 Å². The lowest BCUT2D eigenvalue weighted by Gasteiger charge is -2.22. The zero-order chi connectivity index (χ0) is 18.7. The summed E-state index contributed by atoms with van der Waals surface area (Å²) in [6.07, 6.45) is 3.72. The summed E-state index contributed by atoms with van der Waals surface area (Å²) < 4.78 is 6.04. The highest BCUT2D eigenvalue weighted by atomic mass is 16.5. The molecule has 0 aromatic heterocycles. The van der Waals surface area contributed by atoms with Crippen LogP contribution in [-0.4, -0.2) is 12.0 Å². The van der Waals surface area contributed by atoms with Crippen molar-refractivity contribution >= 4 is 5.91 Å². The van der Waals surface area contributed by atoms with Crippen molar-refractivity contribution in [2.24, 2.45) is 0 Å². The smallest absolute Gasteiger partial charge is 0.261 e. The van der Waals surface area contributed by atoms with Gasteiger partial charge in [-0.2, -0.15) is 0 Å². The van der Waals surface area contributed by atoms with Crippen LogP contribution in [0.2, 0.25) is 0 Å². The summed E-state index contributed by atoms with van der Waals surface area (Å²) in [5, 5.41) is 3.13. The number of nitrogens with one attached hydrogen (secondary N) is 1. The summed E-state index contributed by atoms with van der Waals surface area (Å²) >= 11 is 0. The second kappa shape index (κ2) is 7.94. The monoisotopic (exact) mass is 351 g/mol. The number of ether oxygens (including phenoxy) is 1. The Kier molecular flexibility index (Phi) is 5.65. The average molecular weight is 351 g/mol. The van der Waals surface area contributed by atoms with Crippen molar-refractivity contribution in [2.75, 3.05) is 0 Å². The van der Waals surface area contributed by atoms with E-state index >= 15 is 0 Å². The van der Waals surface area contributed by atoms with E-state index in [0.717, 1.165) is 17.7 Å². The Morgan fingerprint density at radius 2 is 1.92 bits per heavy atom. The van der Waals surface area contributed by atoms with Crippen LogP contribution in [0.15, 0.2) is 36.4 Å². The Labute approximate surface area is 156 Å². The van der Waals surface area contributed by atoms with Gasteiger partial charge in [0.1, 0.15) is 5.75 Å². The topological polar surface area (TPSA) is 38.3 Å². The molecule has 3 rings (SSSR count). The van der Waals surface area contributed by atoms with Gasteiger partial charge < -0.3 is 10.1 Å². The number of rotatable bonds is 6. The SMILES string of the molecule is CC[C@H](Oc1cccc(C)c1C)C(=O)N[C@@H](C)c1ccc2c(c1)CCC2. The van der Waals surface area contributed by atoms with Gasteiger partial charge in [-0.15, -0.1) is 0 Å². The van der Waals surface area contributed by atoms with E-state index in [1.165, 1.54) is 35.1 Å². The minimum Gasteiger partial charge on any atom is -0.480 e. The molecule has 0 saturated carbocycles. The lowest BCUT2D eigenvalue weighted by Crippen LogP contribution is -2.39. The van der Waals surface area contributed by atoms with Crippen LogP contribution in [0.5, 0.6) is 5.75 Å². The molecule has 3 heteroatoms. The van der Waals surface area contributed by atoms with Crippen LogP contribution in [0.1, 0.15) is 60.5 Å². The molecule has 0 unspecified atom stereocenters. The summed E-state index contributed by atoms with van der Waals surface area (Å²) in [5.41, 5.74) is 6.31. The number of fused-ring (bicyclic) bond motifs is 1. The molecule has 2 aromatic carbocycles. The molecule has 0 spiro atoms. The molecular weight excluding hydrogens is 322 g/mol. The highest BCUT2D eigenvalue weighted by molar-refractivity contribution is 5.81. The lowest BCUT2D eigenvalue weighted by atomic mass is 10.0. The van der Waals surface area contributed by atoms with Gasteiger partial charge in [-0.1, -0.05) is 37.3 Å². The molecule has 1 aliphatic carbocycles. The van der Waals surface area contributed by atoms with Gasteiger partial charge in [0.15, 0.2) is 6.10 Å². The van der Waals surface area contributed by atoms with Crippen LogP contribution >= 0.6 is 0 Å². The normalized spacial score (nSPS) is 15.2. The van der Waals surface area contributed by atoms with Gasteiger partial charge in [-0.3, -0.25) is 4.79 Å². The quantitative estimate of drug-likeness (QED) is 0.810. The molecule has 26 heavy (non-hydrogen) atoms. The molecule has 2 aromatic rings. The summed E-state index contributed by atoms with van der Waals surface area (Å²) in [6, 6.07) is 12.5. The maximum absolute atomic E-state index is 12.8. The fraction of sp³-hybridized carbons (Fsp3) is 0.435. The van der Waals surface area contributed by atoms with Gasteiger partial charge in [0.25, 0.3) is 5.91 Å². The highest BCUT2D eigenvalue weighted by Crippen LogP contribution is 2.26. The third kappa shape index (κ3) is 3.92. The Morgan fingerprint density at radius 3 is 2.69 bits per heavy atom. The summed E-state index contributed by atoms with van der Waals surface area (Å²) in [6.45, 7) is 8.11. The molecule has 0 radical (unpaired) electrons. The van der Waals surface area contributed by atoms with E-state index in [0.29, 0.717) is 6.42 Å². The lowest BCUT2D eigenvalue weighted by molar-refractivity contribution is -0.128. The Morgan fingerprint density at radius 1 is 1.15 bits per heavy atom. The first-order valence-electron chi connectivity index (χ1n) is 9.64. The van der Waals surface area contributed by atoms with Crippen molar-refractivity contribution in [3.8, 4) is 5.75 Å². The molecule has 1 amide bonds. The van der Waals surface area contributed by atoms with Gasteiger partial charge in [0.2, 0.25) is 0 Å². The molecular formula is C23H29NO2. The van der Waals surface area contributed by atoms with Crippen LogP contribution in [0.25, 0.3) is 0 Å². The molecule has 0 aliphatic heterocycles. The largest absolute Gasteiger partial charge is 0.480 e. The average Bonchev–Trinajstić information content (AvgIpc) is 3.10. The predicted octanol–water partition coefficient (Wildman–Crippen LogP) is 4.83. The molecule has 2 atom stereocenters. The van der Waals surface area contributed by atoms with Gasteiger partial charge in [-0.05, 0) is 80.3 Å². The molecule has 0 heterocycles. The van der Waals surface area contributed by atoms with Gasteiger partial charge in [0.05, 0.1) is 6.04 Å². The zero-order valence-corrected chi connectivity index (χ0v) is 16.3. The maximum Gasteiger partial charge on any atom is 0.261 e. The first-order valence-corrected chi connectivity index (χ1v) is 9.64. The number of carbonyl (C=O) groups excluding carboxylic acids is 1. The minimum atomic E-state index is -0.479. The molecule has 138 valence electrons. The van der Waals surface area contributed by atoms with Crippen molar-refractivity contribution in [3.05, 3.63) is 64.2 Å². The summed E-state index contributed by atoms with van der Waals surface area (Å²) in [7, 11) is 0. The molecule has 3 nitrogen and oxygen atoms in total. The Hall–Kier alpha value is -2.29. The summed E-state index contributed by atoms with van der Waals surface area (Å²) in [5.74, 6) is 0.735. The molecule has 1 N–H and O–H groups in total. The molecule has 0 bridgehead atoms. The van der Waals surface area contributed by atoms with E-state index in [1.54, 1.807) is 0 Å². The number of amides is 1. The van der Waals surface area contributed by atoms with Crippen molar-refractivity contribution in [1.82, 2.24) is 5.32 Å². The number of aryl methyl sites for hydroxylation is 3. The van der Waals surface area contributed by atoms with Gasteiger partial charge in [-0.25, -0.2) is 0 Å². The molecule has 0 saturated heterocycles. The maximum atomic E-state index is 12.8. The van der Waals surface area contributed by atoms with E-state index in [-0.39, 0.29) is 11.9 Å². The fourth-order valence-electron chi connectivity index (χ4n) is 3.58. The Bertz CT molecular complexity index is 797. The molecule has 0 fully saturated rings. The second-order valence-corrected chi connectivity index (χ2v) is 7.32. The van der Waals surface area contributed by atoms with E-state index in [4.69, 9.17) is 4.74 Å². The second-order valence-electron chi connectivity index (χ2n) is 7.32.